The predicted octanol–water partition coefficient (Wildman–Crippen LogP) is 5.57. The Hall–Kier alpha value is -3.12. The molecule has 0 aliphatic heterocycles. The van der Waals surface area contributed by atoms with Gasteiger partial charge in [-0.3, -0.25) is 4.98 Å². The van der Waals surface area contributed by atoms with Gasteiger partial charge >= 0.3 is 0 Å². The number of allylic oxidation sites excluding steroid dienone is 1. The maximum Gasteiger partial charge on any atom is 0.0998 e. The van der Waals surface area contributed by atoms with Crippen molar-refractivity contribution < 1.29 is 0 Å². The lowest BCUT2D eigenvalue weighted by Gasteiger charge is -2.32. The molecule has 1 aliphatic carbocycles. The van der Waals surface area contributed by atoms with E-state index in [0.717, 1.165) is 23.2 Å². The Labute approximate surface area is 160 Å². The molecular weight excluding hydrogens is 330 g/mol. The summed E-state index contributed by atoms with van der Waals surface area (Å²) in [4.78, 5) is 8.00. The van der Waals surface area contributed by atoms with Crippen molar-refractivity contribution >= 4 is 6.08 Å². The smallest absolute Gasteiger partial charge is 0.0998 e. The molecule has 3 heteroatoms. The van der Waals surface area contributed by atoms with E-state index in [1.54, 1.807) is 0 Å². The van der Waals surface area contributed by atoms with E-state index in [-0.39, 0.29) is 0 Å². The second-order valence-electron chi connectivity index (χ2n) is 7.47. The van der Waals surface area contributed by atoms with Gasteiger partial charge in [-0.25, -0.2) is 0 Å². The molecule has 0 bridgehead atoms. The third-order valence-corrected chi connectivity index (χ3v) is 5.84. The summed E-state index contributed by atoms with van der Waals surface area (Å²) in [6.45, 7) is 4.67. The summed E-state index contributed by atoms with van der Waals surface area (Å²) in [7, 11) is 0. The van der Waals surface area contributed by atoms with Crippen molar-refractivity contribution in [1.29, 1.82) is 5.26 Å². The fraction of sp³-hybridized carbons (Fsp3) is 0.250. The van der Waals surface area contributed by atoms with Gasteiger partial charge in [-0.05, 0) is 48.1 Å². The van der Waals surface area contributed by atoms with Crippen LogP contribution in [0.1, 0.15) is 42.3 Å². The maximum absolute atomic E-state index is 9.29. The van der Waals surface area contributed by atoms with E-state index < -0.39 is 0 Å². The summed E-state index contributed by atoms with van der Waals surface area (Å²) in [6, 6.07) is 16.2. The molecular formula is C24H23N3. The van der Waals surface area contributed by atoms with Crippen LogP contribution in [0.25, 0.3) is 17.2 Å². The number of aromatic nitrogens is 2. The summed E-state index contributed by atoms with van der Waals surface area (Å²) >= 11 is 0. The summed E-state index contributed by atoms with van der Waals surface area (Å²) in [5.74, 6) is 1.67. The van der Waals surface area contributed by atoms with Crippen LogP contribution in [0.2, 0.25) is 0 Å². The quantitative estimate of drug-likeness (QED) is 0.669. The maximum atomic E-state index is 9.29. The topological polar surface area (TPSA) is 52.5 Å². The number of nitrogens with zero attached hydrogens (tertiary/aromatic N) is 2. The summed E-state index contributed by atoms with van der Waals surface area (Å²) in [5.41, 5.74) is 6.29. The molecule has 3 nitrogen and oxygen atoms in total. The van der Waals surface area contributed by atoms with Crippen LogP contribution in [0.4, 0.5) is 0 Å². The van der Waals surface area contributed by atoms with Crippen LogP contribution in [0.15, 0.2) is 60.9 Å². The Morgan fingerprint density at radius 1 is 1.15 bits per heavy atom. The Morgan fingerprint density at radius 2 is 2.00 bits per heavy atom. The van der Waals surface area contributed by atoms with E-state index in [9.17, 15) is 5.26 Å². The van der Waals surface area contributed by atoms with Crippen LogP contribution in [0.3, 0.4) is 0 Å². The Balaban J connectivity index is 1.58. The van der Waals surface area contributed by atoms with E-state index in [0.29, 0.717) is 23.3 Å². The first-order valence-corrected chi connectivity index (χ1v) is 9.47. The first kappa shape index (κ1) is 17.3. The minimum atomic E-state index is 0.413. The Bertz CT molecular complexity index is 1000. The van der Waals surface area contributed by atoms with Crippen molar-refractivity contribution in [1.82, 2.24) is 9.97 Å². The second-order valence-corrected chi connectivity index (χ2v) is 7.47. The molecule has 2 heterocycles. The van der Waals surface area contributed by atoms with Gasteiger partial charge in [0, 0.05) is 35.1 Å². The lowest BCUT2D eigenvalue weighted by Crippen LogP contribution is -2.24. The number of fused-ring (bicyclic) bond motifs is 1. The molecule has 0 fully saturated rings. The highest BCUT2D eigenvalue weighted by Crippen LogP contribution is 2.40. The third-order valence-electron chi connectivity index (χ3n) is 5.84. The molecule has 3 atom stereocenters. The van der Waals surface area contributed by atoms with Gasteiger partial charge in [0.1, 0.15) is 0 Å². The summed E-state index contributed by atoms with van der Waals surface area (Å²) in [6.07, 6.45) is 9.44. The van der Waals surface area contributed by atoms with Crippen LogP contribution in [-0.4, -0.2) is 9.97 Å². The van der Waals surface area contributed by atoms with Crippen LogP contribution < -0.4 is 0 Å². The molecule has 4 rings (SSSR count). The number of nitriles is 1. The van der Waals surface area contributed by atoms with Crippen molar-refractivity contribution in [3.05, 3.63) is 83.4 Å². The Kier molecular flexibility index (Phi) is 4.64. The van der Waals surface area contributed by atoms with Crippen LogP contribution in [0.5, 0.6) is 0 Å². The normalized spacial score (nSPS) is 21.7. The molecule has 3 aromatic rings. The predicted molar refractivity (Wildman–Crippen MR) is 109 cm³/mol. The average molecular weight is 353 g/mol. The molecule has 1 aromatic carbocycles. The number of rotatable bonds is 3. The highest BCUT2D eigenvalue weighted by atomic mass is 14.7. The van der Waals surface area contributed by atoms with Gasteiger partial charge in [-0.15, -0.1) is 0 Å². The molecule has 0 unspecified atom stereocenters. The molecule has 0 spiro atoms. The molecule has 2 aromatic heterocycles. The van der Waals surface area contributed by atoms with E-state index in [1.165, 1.54) is 11.3 Å². The molecule has 1 N–H and O–H groups in total. The number of H-pyrrole nitrogens is 1. The fourth-order valence-electron chi connectivity index (χ4n) is 4.03. The minimum absolute atomic E-state index is 0.413. The fourth-order valence-corrected chi connectivity index (χ4v) is 4.03. The SMILES string of the molecule is C[C@H]1[C@H](C=Cc2ccc(-c3ccccc3C#N)cn2)c2cc[nH]c2C[C@@H]1C. The Morgan fingerprint density at radius 3 is 2.78 bits per heavy atom. The lowest BCUT2D eigenvalue weighted by atomic mass is 9.72. The van der Waals surface area contributed by atoms with Gasteiger partial charge in [-0.2, -0.15) is 5.26 Å². The molecule has 27 heavy (non-hydrogen) atoms. The molecule has 134 valence electrons. The van der Waals surface area contributed by atoms with Crippen LogP contribution in [-0.2, 0) is 6.42 Å². The van der Waals surface area contributed by atoms with Crippen LogP contribution >= 0.6 is 0 Å². The lowest BCUT2D eigenvalue weighted by molar-refractivity contribution is 0.330. The number of hydrogen-bond acceptors (Lipinski definition) is 2. The first-order chi connectivity index (χ1) is 13.2. The van der Waals surface area contributed by atoms with Gasteiger partial charge in [-0.1, -0.05) is 44.2 Å². The average Bonchev–Trinajstić information content (AvgIpc) is 3.16. The van der Waals surface area contributed by atoms with Gasteiger partial charge < -0.3 is 4.98 Å². The number of hydrogen-bond donors (Lipinski definition) is 1. The van der Waals surface area contributed by atoms with E-state index in [4.69, 9.17) is 0 Å². The van der Waals surface area contributed by atoms with Gasteiger partial charge in [0.05, 0.1) is 17.3 Å². The number of nitrogens with one attached hydrogen (secondary N) is 1. The summed E-state index contributed by atoms with van der Waals surface area (Å²) < 4.78 is 0. The monoisotopic (exact) mass is 353 g/mol. The zero-order chi connectivity index (χ0) is 18.8. The first-order valence-electron chi connectivity index (χ1n) is 9.47. The van der Waals surface area contributed by atoms with Gasteiger partial charge in [0.15, 0.2) is 0 Å². The van der Waals surface area contributed by atoms with Crippen molar-refractivity contribution in [2.75, 3.05) is 0 Å². The molecule has 0 saturated heterocycles. The number of benzene rings is 1. The number of pyridine rings is 1. The van der Waals surface area contributed by atoms with Crippen molar-refractivity contribution in [3.8, 4) is 17.2 Å². The van der Waals surface area contributed by atoms with E-state index in [1.807, 2.05) is 42.6 Å². The largest absolute Gasteiger partial charge is 0.365 e. The highest BCUT2D eigenvalue weighted by Gasteiger charge is 2.30. The minimum Gasteiger partial charge on any atom is -0.365 e. The molecule has 1 aliphatic rings. The summed E-state index contributed by atoms with van der Waals surface area (Å²) in [5, 5.41) is 9.29. The van der Waals surface area contributed by atoms with Crippen molar-refractivity contribution in [3.63, 3.8) is 0 Å². The molecule has 0 saturated carbocycles. The van der Waals surface area contributed by atoms with Gasteiger partial charge in [0.25, 0.3) is 0 Å². The van der Waals surface area contributed by atoms with Gasteiger partial charge in [0.2, 0.25) is 0 Å². The van der Waals surface area contributed by atoms with E-state index in [2.05, 4.69) is 54.3 Å². The number of aromatic amines is 1. The van der Waals surface area contributed by atoms with Crippen molar-refractivity contribution in [2.45, 2.75) is 26.2 Å². The molecule has 0 amide bonds. The second kappa shape index (κ2) is 7.25. The highest BCUT2D eigenvalue weighted by molar-refractivity contribution is 5.70. The van der Waals surface area contributed by atoms with Crippen molar-refractivity contribution in [2.24, 2.45) is 11.8 Å². The zero-order valence-electron chi connectivity index (χ0n) is 15.7. The van der Waals surface area contributed by atoms with Crippen LogP contribution in [0, 0.1) is 23.2 Å². The zero-order valence-corrected chi connectivity index (χ0v) is 15.7. The molecule has 0 radical (unpaired) electrons. The van der Waals surface area contributed by atoms with E-state index >= 15 is 0 Å². The third kappa shape index (κ3) is 3.31. The standard InChI is InChI=1S/C24H23N3/c1-16-13-24-23(11-12-26-24)21(17(16)2)10-9-20-8-7-19(15-27-20)22-6-4-3-5-18(22)14-25/h3-12,15-17,21,26H,13H2,1-2H3/t16-,17+,21-/m0/s1.